The van der Waals surface area contributed by atoms with Gasteiger partial charge in [-0.15, -0.1) is 11.8 Å². The Morgan fingerprint density at radius 2 is 2.45 bits per heavy atom. The fourth-order valence-corrected chi connectivity index (χ4v) is 5.59. The van der Waals surface area contributed by atoms with Crippen LogP contribution in [0, 0.1) is 5.92 Å². The third-order valence-electron chi connectivity index (χ3n) is 4.05. The molecule has 20 heavy (non-hydrogen) atoms. The number of imidazole rings is 1. The summed E-state index contributed by atoms with van der Waals surface area (Å²) in [5, 5.41) is 0.171. The molecule has 3 heterocycles. The number of thioether (sulfide) groups is 2. The van der Waals surface area contributed by atoms with Gasteiger partial charge in [-0.1, -0.05) is 0 Å². The summed E-state index contributed by atoms with van der Waals surface area (Å²) in [7, 11) is 1.96. The van der Waals surface area contributed by atoms with Crippen LogP contribution in [0.4, 0.5) is 0 Å². The molecule has 0 unspecified atom stereocenters. The zero-order valence-corrected chi connectivity index (χ0v) is 13.5. The quantitative estimate of drug-likeness (QED) is 0.852. The minimum atomic E-state index is 0.171. The Morgan fingerprint density at radius 3 is 3.25 bits per heavy atom. The Morgan fingerprint density at radius 1 is 1.55 bits per heavy atom. The highest BCUT2D eigenvalue weighted by atomic mass is 32.2. The number of fused-ring (bicyclic) bond motifs is 1. The van der Waals surface area contributed by atoms with E-state index in [1.807, 2.05) is 41.7 Å². The van der Waals surface area contributed by atoms with Gasteiger partial charge < -0.3 is 9.47 Å². The molecule has 3 rings (SSSR count). The van der Waals surface area contributed by atoms with Crippen molar-refractivity contribution in [3.63, 3.8) is 0 Å². The molecule has 0 bridgehead atoms. The highest BCUT2D eigenvalue weighted by Gasteiger charge is 2.27. The van der Waals surface area contributed by atoms with Crippen molar-refractivity contribution >= 4 is 29.4 Å². The lowest BCUT2D eigenvalue weighted by Crippen LogP contribution is -2.41. The second kappa shape index (κ2) is 6.43. The first kappa shape index (κ1) is 14.3. The molecule has 2 atom stereocenters. The van der Waals surface area contributed by atoms with Crippen LogP contribution in [-0.4, -0.2) is 56.5 Å². The number of amides is 1. The van der Waals surface area contributed by atoms with Crippen molar-refractivity contribution in [1.82, 2.24) is 14.5 Å². The molecule has 110 valence electrons. The van der Waals surface area contributed by atoms with Crippen LogP contribution in [0.15, 0.2) is 12.4 Å². The van der Waals surface area contributed by atoms with E-state index in [4.69, 9.17) is 0 Å². The number of carbonyl (C=O) groups excluding carboxylic acids is 1. The molecule has 4 nitrogen and oxygen atoms in total. The third-order valence-corrected chi connectivity index (χ3v) is 6.79. The van der Waals surface area contributed by atoms with Crippen LogP contribution in [-0.2, 0) is 17.8 Å². The summed E-state index contributed by atoms with van der Waals surface area (Å²) in [5.41, 5.74) is 0. The van der Waals surface area contributed by atoms with Crippen LogP contribution in [0.1, 0.15) is 12.2 Å². The number of hydrogen-bond donors (Lipinski definition) is 0. The first-order valence-corrected chi connectivity index (χ1v) is 9.38. The lowest BCUT2D eigenvalue weighted by molar-refractivity contribution is -0.129. The van der Waals surface area contributed by atoms with E-state index in [0.717, 1.165) is 37.4 Å². The zero-order valence-electron chi connectivity index (χ0n) is 11.8. The van der Waals surface area contributed by atoms with E-state index < -0.39 is 0 Å². The zero-order chi connectivity index (χ0) is 13.9. The van der Waals surface area contributed by atoms with Crippen molar-refractivity contribution < 1.29 is 4.79 Å². The molecule has 0 radical (unpaired) electrons. The van der Waals surface area contributed by atoms with Gasteiger partial charge in [0.25, 0.3) is 0 Å². The molecule has 2 aliphatic heterocycles. The molecule has 0 N–H and O–H groups in total. The minimum absolute atomic E-state index is 0.171. The molecule has 0 saturated carbocycles. The molecule has 2 aliphatic rings. The minimum Gasteiger partial charge on any atom is -0.344 e. The van der Waals surface area contributed by atoms with Gasteiger partial charge in [-0.2, -0.15) is 11.8 Å². The molecular weight excluding hydrogens is 290 g/mol. The second-order valence-electron chi connectivity index (χ2n) is 5.55. The SMILES string of the molecule is CN(C[C@H]1CCn2ccnc2C1)C(=O)[C@H]1CSCCS1. The summed E-state index contributed by atoms with van der Waals surface area (Å²) in [6.07, 6.45) is 6.07. The fraction of sp³-hybridized carbons (Fsp3) is 0.714. The van der Waals surface area contributed by atoms with E-state index in [-0.39, 0.29) is 5.25 Å². The summed E-state index contributed by atoms with van der Waals surface area (Å²) < 4.78 is 2.23. The van der Waals surface area contributed by atoms with Gasteiger partial charge in [-0.25, -0.2) is 4.98 Å². The molecule has 1 fully saturated rings. The molecular formula is C14H21N3OS2. The van der Waals surface area contributed by atoms with Gasteiger partial charge in [0.1, 0.15) is 5.82 Å². The van der Waals surface area contributed by atoms with Gasteiger partial charge in [0.05, 0.1) is 5.25 Å². The van der Waals surface area contributed by atoms with Gasteiger partial charge >= 0.3 is 0 Å². The molecule has 6 heteroatoms. The average molecular weight is 311 g/mol. The predicted molar refractivity (Wildman–Crippen MR) is 85.2 cm³/mol. The van der Waals surface area contributed by atoms with Crippen LogP contribution in [0.2, 0.25) is 0 Å². The number of hydrogen-bond acceptors (Lipinski definition) is 4. The van der Waals surface area contributed by atoms with Gasteiger partial charge in [-0.3, -0.25) is 4.79 Å². The monoisotopic (exact) mass is 311 g/mol. The largest absolute Gasteiger partial charge is 0.344 e. The highest BCUT2D eigenvalue weighted by molar-refractivity contribution is 8.07. The van der Waals surface area contributed by atoms with Gasteiger partial charge in [0, 0.05) is 56.2 Å². The summed E-state index contributed by atoms with van der Waals surface area (Å²) in [6.45, 7) is 1.91. The second-order valence-corrected chi connectivity index (χ2v) is 8.01. The van der Waals surface area contributed by atoms with Crippen molar-refractivity contribution in [3.05, 3.63) is 18.2 Å². The summed E-state index contributed by atoms with van der Waals surface area (Å²) >= 11 is 3.73. The van der Waals surface area contributed by atoms with Crippen molar-refractivity contribution in [2.45, 2.75) is 24.6 Å². The maximum absolute atomic E-state index is 12.4. The molecule has 1 amide bonds. The normalized spacial score (nSPS) is 26.1. The molecule has 1 aromatic rings. The van der Waals surface area contributed by atoms with Crippen LogP contribution >= 0.6 is 23.5 Å². The van der Waals surface area contributed by atoms with Crippen molar-refractivity contribution in [3.8, 4) is 0 Å². The van der Waals surface area contributed by atoms with Crippen LogP contribution in [0.25, 0.3) is 0 Å². The molecule has 0 spiro atoms. The summed E-state index contributed by atoms with van der Waals surface area (Å²) in [4.78, 5) is 18.8. The van der Waals surface area contributed by atoms with Crippen molar-refractivity contribution in [1.29, 1.82) is 0 Å². The first-order valence-electron chi connectivity index (χ1n) is 7.18. The van der Waals surface area contributed by atoms with Crippen molar-refractivity contribution in [2.24, 2.45) is 5.92 Å². The van der Waals surface area contributed by atoms with E-state index in [9.17, 15) is 4.79 Å². The van der Waals surface area contributed by atoms with Gasteiger partial charge in [0.15, 0.2) is 0 Å². The Kier molecular flexibility index (Phi) is 4.61. The predicted octanol–water partition coefficient (Wildman–Crippen LogP) is 1.75. The Labute approximate surface area is 128 Å². The lowest BCUT2D eigenvalue weighted by Gasteiger charge is -2.30. The average Bonchev–Trinajstić information content (AvgIpc) is 2.95. The number of rotatable bonds is 3. The lowest BCUT2D eigenvalue weighted by atomic mass is 9.97. The van der Waals surface area contributed by atoms with E-state index in [2.05, 4.69) is 15.7 Å². The maximum Gasteiger partial charge on any atom is 0.236 e. The van der Waals surface area contributed by atoms with E-state index in [1.54, 1.807) is 0 Å². The molecule has 1 aromatic heterocycles. The number of nitrogens with zero attached hydrogens (tertiary/aromatic N) is 3. The Balaban J connectivity index is 1.54. The smallest absolute Gasteiger partial charge is 0.236 e. The fourth-order valence-electron chi connectivity index (χ4n) is 2.92. The number of aromatic nitrogens is 2. The van der Waals surface area contributed by atoms with Crippen LogP contribution in [0.5, 0.6) is 0 Å². The molecule has 1 saturated heterocycles. The summed E-state index contributed by atoms with van der Waals surface area (Å²) in [5.74, 6) is 5.31. The third kappa shape index (κ3) is 3.17. The molecule has 0 aromatic carbocycles. The van der Waals surface area contributed by atoms with E-state index in [0.29, 0.717) is 11.8 Å². The van der Waals surface area contributed by atoms with E-state index in [1.165, 1.54) is 11.6 Å². The number of carbonyl (C=O) groups is 1. The molecule has 0 aliphatic carbocycles. The first-order chi connectivity index (χ1) is 9.74. The topological polar surface area (TPSA) is 38.1 Å². The highest BCUT2D eigenvalue weighted by Crippen LogP contribution is 2.26. The van der Waals surface area contributed by atoms with E-state index >= 15 is 0 Å². The van der Waals surface area contributed by atoms with Gasteiger partial charge in [-0.05, 0) is 12.3 Å². The van der Waals surface area contributed by atoms with Crippen molar-refractivity contribution in [2.75, 3.05) is 30.9 Å². The standard InChI is InChI=1S/C14H21N3OS2/c1-16(14(18)12-10-19-6-7-20-12)9-11-2-4-17-5-3-15-13(17)8-11/h3,5,11-12H,2,4,6-10H2,1H3/t11-,12+/m0/s1. The van der Waals surface area contributed by atoms with Crippen LogP contribution in [0.3, 0.4) is 0 Å². The van der Waals surface area contributed by atoms with Gasteiger partial charge in [0.2, 0.25) is 5.91 Å². The Hall–Kier alpha value is -0.620. The Bertz CT molecular complexity index is 471. The number of aryl methyl sites for hydroxylation is 1. The van der Waals surface area contributed by atoms with Crippen LogP contribution < -0.4 is 0 Å². The maximum atomic E-state index is 12.4. The summed E-state index contributed by atoms with van der Waals surface area (Å²) in [6, 6.07) is 0.